The molecule has 0 N–H and O–H groups in total. The van der Waals surface area contributed by atoms with Gasteiger partial charge in [-0.2, -0.15) is 0 Å². The maximum Gasteiger partial charge on any atom is 0.277 e. The lowest BCUT2D eigenvalue weighted by molar-refractivity contribution is 0.0686. The molecule has 0 amide bonds. The van der Waals surface area contributed by atoms with Gasteiger partial charge in [0.15, 0.2) is 17.3 Å². The van der Waals surface area contributed by atoms with E-state index in [0.717, 1.165) is 27.8 Å². The fraction of sp³-hybridized carbons (Fsp3) is 0.318. The number of carbonyl (C=O) groups excluding carboxylic acids is 1. The zero-order valence-electron chi connectivity index (χ0n) is 16.8. The van der Waals surface area contributed by atoms with Gasteiger partial charge in [0, 0.05) is 11.3 Å². The molecule has 2 heterocycles. The molecular weight excluding hydrogens is 388 g/mol. The van der Waals surface area contributed by atoms with Crippen LogP contribution >= 0.6 is 11.8 Å². The third kappa shape index (κ3) is 3.87. The highest BCUT2D eigenvalue weighted by molar-refractivity contribution is 7.98. The van der Waals surface area contributed by atoms with Crippen LogP contribution in [0.3, 0.4) is 0 Å². The molecule has 1 aromatic heterocycles. The lowest BCUT2D eigenvalue weighted by Crippen LogP contribution is -2.21. The standard InChI is InChI=1S/C22H22N2O4S/c1-12-9-13(2)20(15(4)25)14(3)16(12)11-29-22-24-23-21(28-22)19-10-26-17-7-5-6-8-18(17)27-19/h5-9,19H,10-11H2,1-4H3. The van der Waals surface area contributed by atoms with Crippen LogP contribution in [0.15, 0.2) is 40.0 Å². The molecule has 1 aliphatic heterocycles. The van der Waals surface area contributed by atoms with E-state index in [2.05, 4.69) is 23.2 Å². The number of aromatic nitrogens is 2. The molecule has 0 bridgehead atoms. The summed E-state index contributed by atoms with van der Waals surface area (Å²) >= 11 is 1.45. The van der Waals surface area contributed by atoms with Gasteiger partial charge in [0.25, 0.3) is 11.1 Å². The van der Waals surface area contributed by atoms with Gasteiger partial charge in [-0.25, -0.2) is 0 Å². The minimum Gasteiger partial charge on any atom is -0.485 e. The van der Waals surface area contributed by atoms with Crippen LogP contribution in [0.1, 0.15) is 51.5 Å². The van der Waals surface area contributed by atoms with Gasteiger partial charge in [0.05, 0.1) is 0 Å². The third-order valence-electron chi connectivity index (χ3n) is 5.03. The van der Waals surface area contributed by atoms with E-state index < -0.39 is 6.10 Å². The molecule has 4 rings (SSSR count). The van der Waals surface area contributed by atoms with Crippen molar-refractivity contribution < 1.29 is 18.7 Å². The monoisotopic (exact) mass is 410 g/mol. The van der Waals surface area contributed by atoms with Crippen molar-refractivity contribution in [3.8, 4) is 11.5 Å². The van der Waals surface area contributed by atoms with Crippen LogP contribution in [0.2, 0.25) is 0 Å². The summed E-state index contributed by atoms with van der Waals surface area (Å²) in [5.41, 5.74) is 5.09. The van der Waals surface area contributed by atoms with E-state index >= 15 is 0 Å². The number of hydrogen-bond acceptors (Lipinski definition) is 7. The van der Waals surface area contributed by atoms with E-state index in [1.54, 1.807) is 6.92 Å². The van der Waals surface area contributed by atoms with Crippen LogP contribution in [-0.4, -0.2) is 22.6 Å². The average Bonchev–Trinajstić information content (AvgIpc) is 3.16. The number of rotatable bonds is 5. The number of ketones is 1. The van der Waals surface area contributed by atoms with Crippen molar-refractivity contribution in [3.05, 3.63) is 64.0 Å². The van der Waals surface area contributed by atoms with Gasteiger partial charge in [0.2, 0.25) is 6.10 Å². The molecule has 1 aliphatic rings. The second-order valence-electron chi connectivity index (χ2n) is 7.10. The normalized spacial score (nSPS) is 15.4. The minimum absolute atomic E-state index is 0.0843. The van der Waals surface area contributed by atoms with Gasteiger partial charge in [-0.05, 0) is 62.1 Å². The van der Waals surface area contributed by atoms with E-state index in [9.17, 15) is 4.79 Å². The number of nitrogens with zero attached hydrogens (tertiary/aromatic N) is 2. The van der Waals surface area contributed by atoms with Crippen LogP contribution < -0.4 is 9.47 Å². The Bertz CT molecular complexity index is 1080. The van der Waals surface area contributed by atoms with Crippen molar-refractivity contribution in [2.75, 3.05) is 6.61 Å². The van der Waals surface area contributed by atoms with Crippen molar-refractivity contribution in [3.63, 3.8) is 0 Å². The Balaban J connectivity index is 1.49. The predicted molar refractivity (Wildman–Crippen MR) is 110 cm³/mol. The molecule has 0 saturated heterocycles. The summed E-state index contributed by atoms with van der Waals surface area (Å²) in [5, 5.41) is 8.74. The maximum atomic E-state index is 12.0. The number of thioether (sulfide) groups is 1. The van der Waals surface area contributed by atoms with Crippen LogP contribution in [-0.2, 0) is 5.75 Å². The largest absolute Gasteiger partial charge is 0.485 e. The van der Waals surface area contributed by atoms with Crippen molar-refractivity contribution in [1.82, 2.24) is 10.2 Å². The second-order valence-corrected chi connectivity index (χ2v) is 8.03. The second kappa shape index (κ2) is 7.91. The first-order valence-electron chi connectivity index (χ1n) is 9.39. The van der Waals surface area contributed by atoms with Crippen LogP contribution in [0.25, 0.3) is 0 Å². The fourth-order valence-corrected chi connectivity index (χ4v) is 4.63. The molecule has 1 atom stereocenters. The van der Waals surface area contributed by atoms with Crippen molar-refractivity contribution in [1.29, 1.82) is 0 Å². The van der Waals surface area contributed by atoms with Gasteiger partial charge in [-0.15, -0.1) is 10.2 Å². The number of fused-ring (bicyclic) bond motifs is 1. The predicted octanol–water partition coefficient (Wildman–Crippen LogP) is 5.00. The quantitative estimate of drug-likeness (QED) is 0.433. The van der Waals surface area contributed by atoms with Crippen LogP contribution in [0, 0.1) is 20.8 Å². The lowest BCUT2D eigenvalue weighted by atomic mass is 9.92. The summed E-state index contributed by atoms with van der Waals surface area (Å²) in [5.74, 6) is 2.50. The minimum atomic E-state index is -0.432. The topological polar surface area (TPSA) is 74.5 Å². The molecule has 0 saturated carbocycles. The molecule has 29 heavy (non-hydrogen) atoms. The Morgan fingerprint density at radius 3 is 2.66 bits per heavy atom. The molecule has 7 heteroatoms. The first kappa shape index (κ1) is 19.5. The summed E-state index contributed by atoms with van der Waals surface area (Å²) < 4.78 is 17.4. The highest BCUT2D eigenvalue weighted by Crippen LogP contribution is 2.36. The molecule has 150 valence electrons. The molecule has 0 aliphatic carbocycles. The van der Waals surface area contributed by atoms with E-state index in [1.165, 1.54) is 11.8 Å². The lowest BCUT2D eigenvalue weighted by Gasteiger charge is -2.23. The zero-order valence-corrected chi connectivity index (χ0v) is 17.6. The Kier molecular flexibility index (Phi) is 5.32. The summed E-state index contributed by atoms with van der Waals surface area (Å²) in [7, 11) is 0. The van der Waals surface area contributed by atoms with Crippen molar-refractivity contribution >= 4 is 17.5 Å². The highest BCUT2D eigenvalue weighted by atomic mass is 32.2. The third-order valence-corrected chi connectivity index (χ3v) is 5.87. The molecule has 1 unspecified atom stereocenters. The molecule has 2 aromatic carbocycles. The molecular formula is C22H22N2O4S. The number of ether oxygens (including phenoxy) is 2. The van der Waals surface area contributed by atoms with Gasteiger partial charge in [-0.1, -0.05) is 30.0 Å². The smallest absolute Gasteiger partial charge is 0.277 e. The molecule has 0 radical (unpaired) electrons. The number of Topliss-reactive ketones (excluding diaryl/α,β-unsaturated/α-hetero) is 1. The molecule has 6 nitrogen and oxygen atoms in total. The summed E-state index contributed by atoms with van der Waals surface area (Å²) in [4.78, 5) is 12.0. The Morgan fingerprint density at radius 1 is 1.14 bits per heavy atom. The van der Waals surface area contributed by atoms with Gasteiger partial charge >= 0.3 is 0 Å². The number of aryl methyl sites for hydroxylation is 2. The van der Waals surface area contributed by atoms with Crippen LogP contribution in [0.5, 0.6) is 11.5 Å². The first-order chi connectivity index (χ1) is 13.9. The fourth-order valence-electron chi connectivity index (χ4n) is 3.67. The Morgan fingerprint density at radius 2 is 1.90 bits per heavy atom. The molecule has 3 aromatic rings. The van der Waals surface area contributed by atoms with E-state index in [-0.39, 0.29) is 5.78 Å². The van der Waals surface area contributed by atoms with E-state index in [4.69, 9.17) is 13.9 Å². The summed E-state index contributed by atoms with van der Waals surface area (Å²) in [6.07, 6.45) is -0.432. The highest BCUT2D eigenvalue weighted by Gasteiger charge is 2.27. The SMILES string of the molecule is CC(=O)c1c(C)cc(C)c(CSc2nnc(C3COc4ccccc4O3)o2)c1C. The Labute approximate surface area is 173 Å². The molecule has 0 fully saturated rings. The van der Waals surface area contributed by atoms with Gasteiger partial charge in [0.1, 0.15) is 6.61 Å². The average molecular weight is 410 g/mol. The number of para-hydroxylation sites is 2. The van der Waals surface area contributed by atoms with Crippen molar-refractivity contribution in [2.45, 2.75) is 44.8 Å². The van der Waals surface area contributed by atoms with Gasteiger partial charge in [-0.3, -0.25) is 4.79 Å². The van der Waals surface area contributed by atoms with Gasteiger partial charge < -0.3 is 13.9 Å². The summed E-state index contributed by atoms with van der Waals surface area (Å²) in [6.45, 7) is 7.96. The number of hydrogen-bond donors (Lipinski definition) is 0. The molecule has 0 spiro atoms. The summed E-state index contributed by atoms with van der Waals surface area (Å²) in [6, 6.07) is 9.56. The van der Waals surface area contributed by atoms with Crippen molar-refractivity contribution in [2.24, 2.45) is 0 Å². The Hall–Kier alpha value is -2.80. The van der Waals surface area contributed by atoms with E-state index in [0.29, 0.717) is 35.0 Å². The maximum absolute atomic E-state index is 12.0. The van der Waals surface area contributed by atoms with E-state index in [1.807, 2.05) is 38.1 Å². The van der Waals surface area contributed by atoms with Crippen LogP contribution in [0.4, 0.5) is 0 Å². The zero-order chi connectivity index (χ0) is 20.5. The number of benzene rings is 2. The first-order valence-corrected chi connectivity index (χ1v) is 10.4. The number of carbonyl (C=O) groups is 1.